The second-order valence-corrected chi connectivity index (χ2v) is 6.98. The Morgan fingerprint density at radius 3 is 2.70 bits per heavy atom. The van der Waals surface area contributed by atoms with Crippen LogP contribution in [0.3, 0.4) is 0 Å². The SMILES string of the molecule is CCN(C(=O)Nc1ccccc1F)C1CCS(=O)(=O)C1. The third kappa shape index (κ3) is 3.27. The predicted octanol–water partition coefficient (Wildman–Crippen LogP) is 1.87. The van der Waals surface area contributed by atoms with Crippen LogP contribution in [0, 0.1) is 5.82 Å². The second kappa shape index (κ2) is 5.78. The molecule has 20 heavy (non-hydrogen) atoms. The number of anilines is 1. The molecule has 1 atom stereocenters. The number of amides is 2. The van der Waals surface area contributed by atoms with Gasteiger partial charge in [-0.1, -0.05) is 12.1 Å². The smallest absolute Gasteiger partial charge is 0.321 e. The van der Waals surface area contributed by atoms with Gasteiger partial charge in [-0.3, -0.25) is 0 Å². The van der Waals surface area contributed by atoms with Gasteiger partial charge in [-0.15, -0.1) is 0 Å². The van der Waals surface area contributed by atoms with E-state index in [9.17, 15) is 17.6 Å². The lowest BCUT2D eigenvalue weighted by Gasteiger charge is -2.27. The van der Waals surface area contributed by atoms with Gasteiger partial charge in [-0.2, -0.15) is 0 Å². The molecule has 0 radical (unpaired) electrons. The highest BCUT2D eigenvalue weighted by molar-refractivity contribution is 7.91. The average molecular weight is 300 g/mol. The quantitative estimate of drug-likeness (QED) is 0.926. The van der Waals surface area contributed by atoms with Crippen molar-refractivity contribution in [3.63, 3.8) is 0 Å². The molecule has 1 aromatic rings. The lowest BCUT2D eigenvalue weighted by atomic mass is 10.2. The van der Waals surface area contributed by atoms with Crippen LogP contribution in [0.25, 0.3) is 0 Å². The molecule has 1 fully saturated rings. The van der Waals surface area contributed by atoms with Gasteiger partial charge >= 0.3 is 6.03 Å². The van der Waals surface area contributed by atoms with Crippen molar-refractivity contribution in [3.05, 3.63) is 30.1 Å². The molecule has 1 aromatic carbocycles. The third-order valence-electron chi connectivity index (χ3n) is 3.37. The maximum Gasteiger partial charge on any atom is 0.322 e. The molecule has 0 aromatic heterocycles. The molecule has 1 unspecified atom stereocenters. The van der Waals surface area contributed by atoms with Crippen molar-refractivity contribution < 1.29 is 17.6 Å². The van der Waals surface area contributed by atoms with Crippen LogP contribution in [-0.2, 0) is 9.84 Å². The molecule has 0 spiro atoms. The molecule has 1 saturated heterocycles. The fourth-order valence-corrected chi connectivity index (χ4v) is 4.07. The predicted molar refractivity (Wildman–Crippen MR) is 74.9 cm³/mol. The zero-order chi connectivity index (χ0) is 14.8. The molecule has 7 heteroatoms. The highest BCUT2D eigenvalue weighted by atomic mass is 32.2. The molecule has 1 N–H and O–H groups in total. The Morgan fingerprint density at radius 1 is 1.45 bits per heavy atom. The number of nitrogens with zero attached hydrogens (tertiary/aromatic N) is 1. The molecule has 2 rings (SSSR count). The van der Waals surface area contributed by atoms with E-state index in [1.807, 2.05) is 0 Å². The highest BCUT2D eigenvalue weighted by Gasteiger charge is 2.34. The van der Waals surface area contributed by atoms with Gasteiger partial charge in [0.25, 0.3) is 0 Å². The number of benzene rings is 1. The van der Waals surface area contributed by atoms with Gasteiger partial charge in [-0.25, -0.2) is 17.6 Å². The molecule has 0 saturated carbocycles. The number of nitrogens with one attached hydrogen (secondary N) is 1. The topological polar surface area (TPSA) is 66.5 Å². The van der Waals surface area contributed by atoms with Crippen LogP contribution in [-0.4, -0.2) is 43.4 Å². The van der Waals surface area contributed by atoms with Crippen LogP contribution in [0.5, 0.6) is 0 Å². The molecule has 1 heterocycles. The Labute approximate surface area is 117 Å². The Hall–Kier alpha value is -1.63. The van der Waals surface area contributed by atoms with Crippen molar-refractivity contribution >= 4 is 21.6 Å². The number of urea groups is 1. The number of hydrogen-bond donors (Lipinski definition) is 1. The van der Waals surface area contributed by atoms with Crippen LogP contribution >= 0.6 is 0 Å². The summed E-state index contributed by atoms with van der Waals surface area (Å²) < 4.78 is 36.4. The number of sulfone groups is 1. The first kappa shape index (κ1) is 14.8. The van der Waals surface area contributed by atoms with Crippen molar-refractivity contribution in [1.82, 2.24) is 4.90 Å². The van der Waals surface area contributed by atoms with Gasteiger partial charge in [0.2, 0.25) is 0 Å². The van der Waals surface area contributed by atoms with Crippen molar-refractivity contribution in [2.45, 2.75) is 19.4 Å². The molecule has 5 nitrogen and oxygen atoms in total. The van der Waals surface area contributed by atoms with E-state index in [0.29, 0.717) is 13.0 Å². The van der Waals surface area contributed by atoms with Crippen LogP contribution in [0.4, 0.5) is 14.9 Å². The summed E-state index contributed by atoms with van der Waals surface area (Å²) in [5.41, 5.74) is 0.0943. The van der Waals surface area contributed by atoms with Crippen molar-refractivity contribution in [1.29, 1.82) is 0 Å². The Kier molecular flexibility index (Phi) is 4.27. The Bertz CT molecular complexity index is 603. The number of halogens is 1. The van der Waals surface area contributed by atoms with Gasteiger partial charge in [0, 0.05) is 12.6 Å². The summed E-state index contributed by atoms with van der Waals surface area (Å²) in [5, 5.41) is 2.48. The summed E-state index contributed by atoms with van der Waals surface area (Å²) in [7, 11) is -3.06. The van der Waals surface area contributed by atoms with Gasteiger partial charge in [0.05, 0.1) is 17.2 Å². The maximum atomic E-state index is 13.5. The number of carbonyl (C=O) groups is 1. The van der Waals surface area contributed by atoms with Crippen LogP contribution in [0.1, 0.15) is 13.3 Å². The van der Waals surface area contributed by atoms with E-state index in [1.54, 1.807) is 13.0 Å². The summed E-state index contributed by atoms with van der Waals surface area (Å²) in [6.07, 6.45) is 0.431. The first-order valence-corrected chi connectivity index (χ1v) is 8.27. The molecular formula is C13H17FN2O3S. The summed E-state index contributed by atoms with van der Waals surface area (Å²) in [6, 6.07) is 5.07. The van der Waals surface area contributed by atoms with Gasteiger partial charge < -0.3 is 10.2 Å². The molecular weight excluding hydrogens is 283 g/mol. The minimum absolute atomic E-state index is 0.0223. The third-order valence-corrected chi connectivity index (χ3v) is 5.12. The normalized spacial score (nSPS) is 20.6. The van der Waals surface area contributed by atoms with Crippen LogP contribution in [0.2, 0.25) is 0 Å². The molecule has 1 aliphatic rings. The zero-order valence-electron chi connectivity index (χ0n) is 11.2. The van der Waals surface area contributed by atoms with E-state index in [0.717, 1.165) is 0 Å². The Morgan fingerprint density at radius 2 is 2.15 bits per heavy atom. The van der Waals surface area contributed by atoms with Crippen molar-refractivity contribution in [2.24, 2.45) is 0 Å². The lowest BCUT2D eigenvalue weighted by Crippen LogP contribution is -2.43. The highest BCUT2D eigenvalue weighted by Crippen LogP contribution is 2.19. The largest absolute Gasteiger partial charge is 0.322 e. The average Bonchev–Trinajstić information content (AvgIpc) is 2.73. The maximum absolute atomic E-state index is 13.5. The number of hydrogen-bond acceptors (Lipinski definition) is 3. The molecule has 1 aliphatic heterocycles. The van der Waals surface area contributed by atoms with E-state index >= 15 is 0 Å². The van der Waals surface area contributed by atoms with Gasteiger partial charge in [-0.05, 0) is 25.5 Å². The van der Waals surface area contributed by atoms with E-state index < -0.39 is 21.7 Å². The number of rotatable bonds is 3. The lowest BCUT2D eigenvalue weighted by molar-refractivity contribution is 0.197. The summed E-state index contributed by atoms with van der Waals surface area (Å²) in [6.45, 7) is 2.15. The number of carbonyl (C=O) groups excluding carboxylic acids is 1. The minimum Gasteiger partial charge on any atom is -0.321 e. The van der Waals surface area contributed by atoms with E-state index in [2.05, 4.69) is 5.32 Å². The molecule has 0 bridgehead atoms. The van der Waals surface area contributed by atoms with Crippen LogP contribution < -0.4 is 5.32 Å². The Balaban J connectivity index is 2.09. The first-order chi connectivity index (χ1) is 9.43. The van der Waals surface area contributed by atoms with E-state index in [1.165, 1.54) is 23.1 Å². The standard InChI is InChI=1S/C13H17FN2O3S/c1-2-16(10-7-8-20(18,19)9-10)13(17)15-12-6-4-3-5-11(12)14/h3-6,10H,2,7-9H2,1H3,(H,15,17). The summed E-state index contributed by atoms with van der Waals surface area (Å²) in [5.74, 6) is -0.442. The molecule has 0 aliphatic carbocycles. The van der Waals surface area contributed by atoms with Crippen LogP contribution in [0.15, 0.2) is 24.3 Å². The first-order valence-electron chi connectivity index (χ1n) is 6.45. The molecule has 2 amide bonds. The monoisotopic (exact) mass is 300 g/mol. The minimum atomic E-state index is -3.06. The van der Waals surface area contributed by atoms with Crippen molar-refractivity contribution in [3.8, 4) is 0 Å². The zero-order valence-corrected chi connectivity index (χ0v) is 12.0. The van der Waals surface area contributed by atoms with Gasteiger partial charge in [0.15, 0.2) is 9.84 Å². The fourth-order valence-electron chi connectivity index (χ4n) is 2.34. The number of para-hydroxylation sites is 1. The summed E-state index contributed by atoms with van der Waals surface area (Å²) in [4.78, 5) is 13.6. The van der Waals surface area contributed by atoms with Crippen molar-refractivity contribution in [2.75, 3.05) is 23.4 Å². The summed E-state index contributed by atoms with van der Waals surface area (Å²) >= 11 is 0. The second-order valence-electron chi connectivity index (χ2n) is 4.75. The van der Waals surface area contributed by atoms with E-state index in [-0.39, 0.29) is 23.2 Å². The van der Waals surface area contributed by atoms with E-state index in [4.69, 9.17) is 0 Å². The fraction of sp³-hybridized carbons (Fsp3) is 0.462. The van der Waals surface area contributed by atoms with Gasteiger partial charge in [0.1, 0.15) is 5.82 Å². The molecule has 110 valence electrons.